The summed E-state index contributed by atoms with van der Waals surface area (Å²) in [6, 6.07) is 10.5. The lowest BCUT2D eigenvalue weighted by atomic mass is 9.98. The van der Waals surface area contributed by atoms with Gasteiger partial charge in [-0.25, -0.2) is 0 Å². The molecule has 0 N–H and O–H groups in total. The fourth-order valence-corrected chi connectivity index (χ4v) is 2.91. The van der Waals surface area contributed by atoms with Gasteiger partial charge in [0.1, 0.15) is 0 Å². The Bertz CT molecular complexity index is 353. The number of rotatable bonds is 6. The predicted octanol–water partition coefficient (Wildman–Crippen LogP) is 2.73. The van der Waals surface area contributed by atoms with Crippen molar-refractivity contribution in [2.24, 2.45) is 5.92 Å². The Kier molecular flexibility index (Phi) is 5.83. The van der Waals surface area contributed by atoms with Crippen molar-refractivity contribution in [1.29, 1.82) is 0 Å². The maximum atomic E-state index is 5.66. The van der Waals surface area contributed by atoms with Crippen molar-refractivity contribution in [3.05, 3.63) is 35.9 Å². The number of piperidine rings is 1. The Morgan fingerprint density at radius 1 is 1.26 bits per heavy atom. The van der Waals surface area contributed by atoms with Gasteiger partial charge in [0, 0.05) is 27.3 Å². The third kappa shape index (κ3) is 4.30. The van der Waals surface area contributed by atoms with Crippen LogP contribution in [0.1, 0.15) is 24.5 Å². The van der Waals surface area contributed by atoms with Crippen LogP contribution in [0, 0.1) is 5.92 Å². The predicted molar refractivity (Wildman–Crippen MR) is 77.2 cm³/mol. The van der Waals surface area contributed by atoms with E-state index in [-0.39, 0.29) is 6.10 Å². The van der Waals surface area contributed by atoms with Gasteiger partial charge in [0.15, 0.2) is 0 Å². The highest BCUT2D eigenvalue weighted by Crippen LogP contribution is 2.22. The van der Waals surface area contributed by atoms with Crippen molar-refractivity contribution < 1.29 is 9.47 Å². The smallest absolute Gasteiger partial charge is 0.0947 e. The van der Waals surface area contributed by atoms with E-state index in [9.17, 15) is 0 Å². The molecule has 0 aromatic heterocycles. The van der Waals surface area contributed by atoms with Gasteiger partial charge in [0.05, 0.1) is 12.7 Å². The number of hydrogen-bond acceptors (Lipinski definition) is 3. The third-order valence-corrected chi connectivity index (χ3v) is 3.89. The van der Waals surface area contributed by atoms with E-state index < -0.39 is 0 Å². The molecule has 1 aliphatic rings. The zero-order chi connectivity index (χ0) is 13.5. The molecule has 0 saturated carbocycles. The molecule has 2 rings (SSSR count). The maximum absolute atomic E-state index is 5.66. The summed E-state index contributed by atoms with van der Waals surface area (Å²) in [6.45, 7) is 4.15. The van der Waals surface area contributed by atoms with Gasteiger partial charge in [-0.1, -0.05) is 30.3 Å². The fourth-order valence-electron chi connectivity index (χ4n) is 2.91. The number of likely N-dealkylation sites (tertiary alicyclic amines) is 1. The van der Waals surface area contributed by atoms with Gasteiger partial charge in [0.25, 0.3) is 0 Å². The van der Waals surface area contributed by atoms with Crippen LogP contribution in [0.5, 0.6) is 0 Å². The first-order valence-electron chi connectivity index (χ1n) is 7.12. The van der Waals surface area contributed by atoms with E-state index in [1.54, 1.807) is 14.2 Å². The van der Waals surface area contributed by atoms with Gasteiger partial charge in [0.2, 0.25) is 0 Å². The molecule has 0 bridgehead atoms. The number of benzene rings is 1. The van der Waals surface area contributed by atoms with Gasteiger partial charge in [-0.3, -0.25) is 0 Å². The number of methoxy groups -OCH3 is 2. The van der Waals surface area contributed by atoms with E-state index in [2.05, 4.69) is 29.2 Å². The lowest BCUT2D eigenvalue weighted by Gasteiger charge is -2.34. The first-order chi connectivity index (χ1) is 9.33. The summed E-state index contributed by atoms with van der Waals surface area (Å²) in [5, 5.41) is 0. The van der Waals surface area contributed by atoms with Crippen molar-refractivity contribution in [2.75, 3.05) is 40.5 Å². The number of hydrogen-bond donors (Lipinski definition) is 0. The van der Waals surface area contributed by atoms with Crippen molar-refractivity contribution in [3.63, 3.8) is 0 Å². The second kappa shape index (κ2) is 7.63. The molecule has 0 unspecified atom stereocenters. The molecule has 1 aromatic rings. The molecule has 0 radical (unpaired) electrons. The quantitative estimate of drug-likeness (QED) is 0.787. The summed E-state index contributed by atoms with van der Waals surface area (Å²) in [7, 11) is 3.59. The Balaban J connectivity index is 1.91. The van der Waals surface area contributed by atoms with Crippen molar-refractivity contribution >= 4 is 0 Å². The standard InChI is InChI=1S/C16H25NO2/c1-18-13-14-7-6-10-17(11-14)12-16(19-2)15-8-4-3-5-9-15/h3-5,8-9,14,16H,6-7,10-13H2,1-2H3/t14-,16-/m0/s1. The molecule has 1 aliphatic heterocycles. The molecule has 106 valence electrons. The molecule has 1 saturated heterocycles. The molecule has 3 heteroatoms. The molecule has 2 atom stereocenters. The summed E-state index contributed by atoms with van der Waals surface area (Å²) in [5.74, 6) is 0.673. The molecule has 0 amide bonds. The third-order valence-electron chi connectivity index (χ3n) is 3.89. The molecule has 1 aromatic carbocycles. The van der Waals surface area contributed by atoms with E-state index in [1.165, 1.54) is 24.9 Å². The highest BCUT2D eigenvalue weighted by atomic mass is 16.5. The Hall–Kier alpha value is -0.900. The monoisotopic (exact) mass is 263 g/mol. The molecular formula is C16H25NO2. The van der Waals surface area contributed by atoms with Gasteiger partial charge >= 0.3 is 0 Å². The van der Waals surface area contributed by atoms with Gasteiger partial charge in [-0.15, -0.1) is 0 Å². The Labute approximate surface area is 116 Å². The Morgan fingerprint density at radius 3 is 2.74 bits per heavy atom. The highest BCUT2D eigenvalue weighted by molar-refractivity contribution is 5.17. The van der Waals surface area contributed by atoms with Crippen LogP contribution < -0.4 is 0 Å². The zero-order valence-electron chi connectivity index (χ0n) is 12.0. The summed E-state index contributed by atoms with van der Waals surface area (Å²) in [4.78, 5) is 2.51. The van der Waals surface area contributed by atoms with Crippen LogP contribution in [0.4, 0.5) is 0 Å². The molecule has 0 spiro atoms. The van der Waals surface area contributed by atoms with E-state index >= 15 is 0 Å². The zero-order valence-corrected chi connectivity index (χ0v) is 12.0. The van der Waals surface area contributed by atoms with Gasteiger partial charge in [-0.2, -0.15) is 0 Å². The topological polar surface area (TPSA) is 21.7 Å². The summed E-state index contributed by atoms with van der Waals surface area (Å²) in [5.41, 5.74) is 1.26. The molecular weight excluding hydrogens is 238 g/mol. The SMILES string of the molecule is COC[C@H]1CCCN(C[C@H](OC)c2ccccc2)C1. The van der Waals surface area contributed by atoms with Crippen LogP contribution in [0.3, 0.4) is 0 Å². The van der Waals surface area contributed by atoms with Crippen LogP contribution in [0.25, 0.3) is 0 Å². The van der Waals surface area contributed by atoms with Crippen LogP contribution in [0.15, 0.2) is 30.3 Å². The maximum Gasteiger partial charge on any atom is 0.0947 e. The van der Waals surface area contributed by atoms with Gasteiger partial charge < -0.3 is 14.4 Å². The van der Waals surface area contributed by atoms with E-state index in [0.717, 1.165) is 19.7 Å². The average Bonchev–Trinajstić information content (AvgIpc) is 2.46. The lowest BCUT2D eigenvalue weighted by Crippen LogP contribution is -2.39. The number of nitrogens with zero attached hydrogens (tertiary/aromatic N) is 1. The number of ether oxygens (including phenoxy) is 2. The first-order valence-corrected chi connectivity index (χ1v) is 7.12. The summed E-state index contributed by atoms with van der Waals surface area (Å²) >= 11 is 0. The van der Waals surface area contributed by atoms with Crippen LogP contribution in [-0.2, 0) is 9.47 Å². The minimum absolute atomic E-state index is 0.169. The normalized spacial score (nSPS) is 22.3. The molecule has 1 fully saturated rings. The molecule has 19 heavy (non-hydrogen) atoms. The molecule has 1 heterocycles. The summed E-state index contributed by atoms with van der Waals surface area (Å²) < 4.78 is 10.9. The second-order valence-electron chi connectivity index (χ2n) is 5.36. The Morgan fingerprint density at radius 2 is 2.05 bits per heavy atom. The molecule has 0 aliphatic carbocycles. The lowest BCUT2D eigenvalue weighted by molar-refractivity contribution is 0.0335. The van der Waals surface area contributed by atoms with Crippen molar-refractivity contribution in [2.45, 2.75) is 18.9 Å². The van der Waals surface area contributed by atoms with Crippen molar-refractivity contribution in [3.8, 4) is 0 Å². The van der Waals surface area contributed by atoms with Gasteiger partial charge in [-0.05, 0) is 30.9 Å². The fraction of sp³-hybridized carbons (Fsp3) is 0.625. The van der Waals surface area contributed by atoms with Crippen LogP contribution in [-0.4, -0.2) is 45.4 Å². The largest absolute Gasteiger partial charge is 0.384 e. The van der Waals surface area contributed by atoms with Crippen molar-refractivity contribution in [1.82, 2.24) is 4.90 Å². The minimum atomic E-state index is 0.169. The minimum Gasteiger partial charge on any atom is -0.384 e. The second-order valence-corrected chi connectivity index (χ2v) is 5.36. The van der Waals surface area contributed by atoms with Crippen LogP contribution >= 0.6 is 0 Å². The van der Waals surface area contributed by atoms with Crippen LogP contribution in [0.2, 0.25) is 0 Å². The highest BCUT2D eigenvalue weighted by Gasteiger charge is 2.22. The van der Waals surface area contributed by atoms with E-state index in [4.69, 9.17) is 9.47 Å². The van der Waals surface area contributed by atoms with E-state index in [0.29, 0.717) is 5.92 Å². The summed E-state index contributed by atoms with van der Waals surface area (Å²) in [6.07, 6.45) is 2.72. The van der Waals surface area contributed by atoms with E-state index in [1.807, 2.05) is 6.07 Å². The first kappa shape index (κ1) is 14.5. The molecule has 3 nitrogen and oxygen atoms in total. The average molecular weight is 263 g/mol.